The van der Waals surface area contributed by atoms with Crippen LogP contribution in [0.3, 0.4) is 0 Å². The number of carbonyl (C=O) groups is 2. The topological polar surface area (TPSA) is 67.4 Å². The van der Waals surface area contributed by atoms with Crippen LogP contribution in [-0.4, -0.2) is 47.9 Å². The maximum Gasteiger partial charge on any atom is 0.471 e. The molecule has 0 unspecified atom stereocenters. The molecule has 124 valence electrons. The summed E-state index contributed by atoms with van der Waals surface area (Å²) >= 11 is 1.32. The first-order valence-electron chi connectivity index (χ1n) is 6.34. The van der Waals surface area contributed by atoms with Crippen LogP contribution in [0.25, 0.3) is 0 Å². The molecule has 2 amide bonds. The zero-order chi connectivity index (χ0) is 16.7. The molecule has 0 radical (unpaired) electrons. The number of nitrogens with one attached hydrogen (secondary N) is 2. The summed E-state index contributed by atoms with van der Waals surface area (Å²) in [4.78, 5) is 22.0. The second kappa shape index (κ2) is 8.35. The molecule has 0 aliphatic heterocycles. The first-order valence-corrected chi connectivity index (χ1v) is 7.49. The molecular weight excluding hydrogens is 309 g/mol. The van der Waals surface area contributed by atoms with Crippen LogP contribution in [-0.2, 0) is 9.53 Å². The van der Waals surface area contributed by atoms with Crippen LogP contribution in [0.5, 0.6) is 0 Å². The molecule has 0 fully saturated rings. The van der Waals surface area contributed by atoms with Gasteiger partial charge in [-0.2, -0.15) is 24.9 Å². The molecule has 0 bridgehead atoms. The van der Waals surface area contributed by atoms with Crippen molar-refractivity contribution in [1.29, 1.82) is 0 Å². The van der Waals surface area contributed by atoms with Crippen molar-refractivity contribution in [1.82, 2.24) is 10.6 Å². The van der Waals surface area contributed by atoms with Crippen LogP contribution >= 0.6 is 11.8 Å². The quantitative estimate of drug-likeness (QED) is 0.734. The Bertz CT molecular complexity index is 357. The van der Waals surface area contributed by atoms with Crippen LogP contribution in [0.4, 0.5) is 18.0 Å². The second-order valence-electron chi connectivity index (χ2n) is 5.38. The molecular formula is C12H21F3N2O3S. The van der Waals surface area contributed by atoms with E-state index in [1.807, 2.05) is 0 Å². The summed E-state index contributed by atoms with van der Waals surface area (Å²) in [6.45, 7) is 6.91. The van der Waals surface area contributed by atoms with Gasteiger partial charge >= 0.3 is 18.2 Å². The van der Waals surface area contributed by atoms with Gasteiger partial charge in [0.2, 0.25) is 0 Å². The van der Waals surface area contributed by atoms with Crippen molar-refractivity contribution in [3.8, 4) is 0 Å². The number of hydrogen-bond acceptors (Lipinski definition) is 4. The molecule has 9 heteroatoms. The Hall–Kier alpha value is -1.12. The molecule has 0 saturated carbocycles. The van der Waals surface area contributed by atoms with Crippen molar-refractivity contribution >= 4 is 23.8 Å². The van der Waals surface area contributed by atoms with E-state index in [0.717, 1.165) is 0 Å². The van der Waals surface area contributed by atoms with Crippen molar-refractivity contribution in [2.45, 2.75) is 45.5 Å². The van der Waals surface area contributed by atoms with Gasteiger partial charge < -0.3 is 15.4 Å². The van der Waals surface area contributed by atoms with Gasteiger partial charge in [0.05, 0.1) is 0 Å². The number of hydrogen-bond donors (Lipinski definition) is 2. The Morgan fingerprint density at radius 2 is 1.81 bits per heavy atom. The van der Waals surface area contributed by atoms with E-state index >= 15 is 0 Å². The third-order valence-electron chi connectivity index (χ3n) is 1.92. The highest BCUT2D eigenvalue weighted by atomic mass is 32.2. The van der Waals surface area contributed by atoms with Gasteiger partial charge in [0.15, 0.2) is 0 Å². The van der Waals surface area contributed by atoms with Gasteiger partial charge in [0, 0.05) is 24.1 Å². The smallest absolute Gasteiger partial charge is 0.444 e. The van der Waals surface area contributed by atoms with Gasteiger partial charge in [-0.25, -0.2) is 4.79 Å². The van der Waals surface area contributed by atoms with E-state index in [0.29, 0.717) is 11.5 Å². The van der Waals surface area contributed by atoms with E-state index in [-0.39, 0.29) is 12.6 Å². The molecule has 0 saturated heterocycles. The van der Waals surface area contributed by atoms with Gasteiger partial charge in [-0.05, 0) is 27.7 Å². The highest BCUT2D eigenvalue weighted by Crippen LogP contribution is 2.14. The zero-order valence-corrected chi connectivity index (χ0v) is 13.3. The van der Waals surface area contributed by atoms with Crippen molar-refractivity contribution in [3.63, 3.8) is 0 Å². The summed E-state index contributed by atoms with van der Waals surface area (Å²) in [6, 6.07) is -0.192. The Morgan fingerprint density at radius 3 is 2.29 bits per heavy atom. The molecule has 0 aliphatic carbocycles. The maximum atomic E-state index is 11.9. The number of rotatable bonds is 6. The van der Waals surface area contributed by atoms with Crippen molar-refractivity contribution in [2.24, 2.45) is 0 Å². The van der Waals surface area contributed by atoms with Crippen LogP contribution in [0, 0.1) is 0 Å². The van der Waals surface area contributed by atoms with E-state index < -0.39 is 23.8 Å². The summed E-state index contributed by atoms with van der Waals surface area (Å²) in [7, 11) is 0. The molecule has 0 aromatic rings. The molecule has 0 rings (SSSR count). The van der Waals surface area contributed by atoms with E-state index in [2.05, 4.69) is 5.32 Å². The highest BCUT2D eigenvalue weighted by molar-refractivity contribution is 7.99. The maximum absolute atomic E-state index is 11.9. The average Bonchev–Trinajstić information content (AvgIpc) is 2.23. The Kier molecular flexibility index (Phi) is 7.91. The Labute approximate surface area is 126 Å². The largest absolute Gasteiger partial charge is 0.471 e. The Balaban J connectivity index is 3.74. The molecule has 0 aliphatic rings. The zero-order valence-electron chi connectivity index (χ0n) is 12.5. The molecule has 5 nitrogen and oxygen atoms in total. The molecule has 1 atom stereocenters. The molecule has 21 heavy (non-hydrogen) atoms. The minimum Gasteiger partial charge on any atom is -0.444 e. The highest BCUT2D eigenvalue weighted by Gasteiger charge is 2.38. The predicted molar refractivity (Wildman–Crippen MR) is 75.2 cm³/mol. The molecule has 2 N–H and O–H groups in total. The minimum atomic E-state index is -4.85. The lowest BCUT2D eigenvalue weighted by atomic mass is 10.2. The van der Waals surface area contributed by atoms with E-state index in [9.17, 15) is 22.8 Å². The van der Waals surface area contributed by atoms with Gasteiger partial charge in [0.1, 0.15) is 5.60 Å². The number of alkyl carbamates (subject to hydrolysis) is 1. The minimum absolute atomic E-state index is 0.0812. The summed E-state index contributed by atoms with van der Waals surface area (Å²) in [6.07, 6.45) is -5.39. The summed E-state index contributed by atoms with van der Waals surface area (Å²) in [5.74, 6) is -1.12. The summed E-state index contributed by atoms with van der Waals surface area (Å²) in [5, 5.41) is 4.38. The van der Waals surface area contributed by atoms with Gasteiger partial charge in [-0.1, -0.05) is 0 Å². The molecule has 0 spiro atoms. The first kappa shape index (κ1) is 19.9. The average molecular weight is 330 g/mol. The number of carbonyl (C=O) groups excluding carboxylic acids is 2. The lowest BCUT2D eigenvalue weighted by molar-refractivity contribution is -0.173. The lowest BCUT2D eigenvalue weighted by Gasteiger charge is -2.21. The number of alkyl halides is 3. The number of halogens is 3. The third-order valence-corrected chi connectivity index (χ3v) is 3.15. The lowest BCUT2D eigenvalue weighted by Crippen LogP contribution is -2.39. The fourth-order valence-corrected chi connectivity index (χ4v) is 2.00. The van der Waals surface area contributed by atoms with Crippen LogP contribution in [0.2, 0.25) is 0 Å². The molecule has 0 aromatic heterocycles. The number of amides is 2. The van der Waals surface area contributed by atoms with Crippen LogP contribution < -0.4 is 10.6 Å². The SMILES string of the molecule is C[C@H](CSCCNC(=O)C(F)(F)F)NC(=O)OC(C)(C)C. The van der Waals surface area contributed by atoms with E-state index in [4.69, 9.17) is 4.74 Å². The predicted octanol–water partition coefficient (Wildman–Crippen LogP) is 2.31. The Morgan fingerprint density at radius 1 is 1.24 bits per heavy atom. The van der Waals surface area contributed by atoms with E-state index in [1.54, 1.807) is 33.0 Å². The summed E-state index contributed by atoms with van der Waals surface area (Å²) < 4.78 is 40.7. The van der Waals surface area contributed by atoms with E-state index in [1.165, 1.54) is 11.8 Å². The third kappa shape index (κ3) is 11.2. The molecule has 0 heterocycles. The first-order chi connectivity index (χ1) is 9.42. The standard InChI is InChI=1S/C12H21F3N2O3S/c1-8(17-10(19)20-11(2,3)4)7-21-6-5-16-9(18)12(13,14)15/h8H,5-7H2,1-4H3,(H,16,18)(H,17,19)/t8-/m1/s1. The second-order valence-corrected chi connectivity index (χ2v) is 6.53. The van der Waals surface area contributed by atoms with Crippen molar-refractivity contribution < 1.29 is 27.5 Å². The van der Waals surface area contributed by atoms with Gasteiger partial charge in [-0.3, -0.25) is 4.79 Å². The van der Waals surface area contributed by atoms with Crippen molar-refractivity contribution in [2.75, 3.05) is 18.1 Å². The fourth-order valence-electron chi connectivity index (χ4n) is 1.15. The van der Waals surface area contributed by atoms with Crippen LogP contribution in [0.15, 0.2) is 0 Å². The molecule has 0 aromatic carbocycles. The van der Waals surface area contributed by atoms with Gasteiger partial charge in [0.25, 0.3) is 0 Å². The van der Waals surface area contributed by atoms with Crippen molar-refractivity contribution in [3.05, 3.63) is 0 Å². The summed E-state index contributed by atoms with van der Waals surface area (Å²) in [5.41, 5.74) is -0.585. The number of thioether (sulfide) groups is 1. The van der Waals surface area contributed by atoms with Gasteiger partial charge in [-0.15, -0.1) is 0 Å². The van der Waals surface area contributed by atoms with Crippen LogP contribution in [0.1, 0.15) is 27.7 Å². The normalized spacial score (nSPS) is 13.5. The number of ether oxygens (including phenoxy) is 1. The monoisotopic (exact) mass is 330 g/mol. The fraction of sp³-hybridized carbons (Fsp3) is 0.833.